The molecule has 3 heteroatoms. The number of para-hydroxylation sites is 2. The van der Waals surface area contributed by atoms with Crippen molar-refractivity contribution in [1.29, 1.82) is 0 Å². The van der Waals surface area contributed by atoms with Gasteiger partial charge in [-0.3, -0.25) is 0 Å². The molecule has 0 amide bonds. The van der Waals surface area contributed by atoms with E-state index in [9.17, 15) is 5.11 Å². The van der Waals surface area contributed by atoms with Gasteiger partial charge in [-0.15, -0.1) is 0 Å². The fourth-order valence-corrected chi connectivity index (χ4v) is 3.11. The molecule has 1 fully saturated rings. The average Bonchev–Trinajstić information content (AvgIpc) is 2.78. The largest absolute Gasteiger partial charge is 0.391 e. The molecule has 1 aliphatic carbocycles. The highest BCUT2D eigenvalue weighted by Gasteiger charge is 2.27. The van der Waals surface area contributed by atoms with Gasteiger partial charge in [-0.1, -0.05) is 31.9 Å². The molecular formula is C15H20N2O. The summed E-state index contributed by atoms with van der Waals surface area (Å²) in [5, 5.41) is 10.3. The average molecular weight is 244 g/mol. The minimum absolute atomic E-state index is 0.209. The molecule has 1 N–H and O–H groups in total. The fourth-order valence-electron chi connectivity index (χ4n) is 3.11. The van der Waals surface area contributed by atoms with Crippen LogP contribution in [0.4, 0.5) is 0 Å². The van der Waals surface area contributed by atoms with E-state index in [1.165, 1.54) is 11.9 Å². The first-order valence-electron chi connectivity index (χ1n) is 6.95. The van der Waals surface area contributed by atoms with Crippen LogP contribution in [-0.4, -0.2) is 20.8 Å². The van der Waals surface area contributed by atoms with Gasteiger partial charge >= 0.3 is 0 Å². The van der Waals surface area contributed by atoms with Crippen LogP contribution in [0.15, 0.2) is 24.3 Å². The number of nitrogens with zero attached hydrogens (tertiary/aromatic N) is 2. The Hall–Kier alpha value is -1.35. The van der Waals surface area contributed by atoms with Crippen LogP contribution < -0.4 is 0 Å². The molecule has 1 aromatic heterocycles. The third kappa shape index (κ3) is 1.83. The maximum atomic E-state index is 10.3. The first-order valence-corrected chi connectivity index (χ1v) is 6.95. The summed E-state index contributed by atoms with van der Waals surface area (Å²) in [4.78, 5) is 4.69. The zero-order chi connectivity index (χ0) is 12.5. The SMILES string of the molecule is CCc1nc2ccccc2n1[C@H]1CCCC[C@@H]1O. The maximum absolute atomic E-state index is 10.3. The van der Waals surface area contributed by atoms with Gasteiger partial charge in [0, 0.05) is 6.42 Å². The lowest BCUT2D eigenvalue weighted by Crippen LogP contribution is -2.28. The Morgan fingerprint density at radius 1 is 1.28 bits per heavy atom. The lowest BCUT2D eigenvalue weighted by atomic mass is 9.92. The molecular weight excluding hydrogens is 224 g/mol. The highest BCUT2D eigenvalue weighted by molar-refractivity contribution is 5.76. The van der Waals surface area contributed by atoms with Crippen LogP contribution in [0.1, 0.15) is 44.5 Å². The van der Waals surface area contributed by atoms with E-state index >= 15 is 0 Å². The smallest absolute Gasteiger partial charge is 0.109 e. The molecule has 0 unspecified atom stereocenters. The molecule has 0 aliphatic heterocycles. The highest BCUT2D eigenvalue weighted by Crippen LogP contribution is 2.32. The zero-order valence-electron chi connectivity index (χ0n) is 10.8. The topological polar surface area (TPSA) is 38.0 Å². The summed E-state index contributed by atoms with van der Waals surface area (Å²) >= 11 is 0. The Labute approximate surface area is 107 Å². The summed E-state index contributed by atoms with van der Waals surface area (Å²) < 4.78 is 2.28. The van der Waals surface area contributed by atoms with Crippen molar-refractivity contribution in [2.45, 2.75) is 51.2 Å². The second-order valence-corrected chi connectivity index (χ2v) is 5.16. The summed E-state index contributed by atoms with van der Waals surface area (Å²) in [6.07, 6.45) is 5.03. The molecule has 2 atom stereocenters. The second kappa shape index (κ2) is 4.73. The number of hydrogen-bond acceptors (Lipinski definition) is 2. The summed E-state index contributed by atoms with van der Waals surface area (Å²) in [5.74, 6) is 1.10. The van der Waals surface area contributed by atoms with Gasteiger partial charge in [0.25, 0.3) is 0 Å². The molecule has 1 aromatic carbocycles. The Morgan fingerprint density at radius 2 is 2.06 bits per heavy atom. The van der Waals surface area contributed by atoms with Gasteiger partial charge in [-0.2, -0.15) is 0 Å². The van der Waals surface area contributed by atoms with E-state index in [0.717, 1.165) is 37.0 Å². The first kappa shape index (κ1) is 11.7. The van der Waals surface area contributed by atoms with Crippen molar-refractivity contribution in [2.75, 3.05) is 0 Å². The predicted molar refractivity (Wildman–Crippen MR) is 72.6 cm³/mol. The summed E-state index contributed by atoms with van der Waals surface area (Å²) in [7, 11) is 0. The van der Waals surface area contributed by atoms with E-state index in [1.54, 1.807) is 0 Å². The molecule has 3 rings (SSSR count). The van der Waals surface area contributed by atoms with Crippen LogP contribution in [0.2, 0.25) is 0 Å². The van der Waals surface area contributed by atoms with Gasteiger partial charge in [0.1, 0.15) is 5.82 Å². The van der Waals surface area contributed by atoms with Crippen molar-refractivity contribution in [3.8, 4) is 0 Å². The molecule has 0 bridgehead atoms. The lowest BCUT2D eigenvalue weighted by molar-refractivity contribution is 0.0760. The van der Waals surface area contributed by atoms with E-state index in [4.69, 9.17) is 4.98 Å². The Morgan fingerprint density at radius 3 is 2.83 bits per heavy atom. The van der Waals surface area contributed by atoms with Crippen molar-refractivity contribution < 1.29 is 5.11 Å². The first-order chi connectivity index (χ1) is 8.81. The Kier molecular flexibility index (Phi) is 3.08. The van der Waals surface area contributed by atoms with E-state index in [2.05, 4.69) is 29.7 Å². The molecule has 2 aromatic rings. The molecule has 3 nitrogen and oxygen atoms in total. The maximum Gasteiger partial charge on any atom is 0.109 e. The van der Waals surface area contributed by atoms with E-state index in [-0.39, 0.29) is 12.1 Å². The Bertz CT molecular complexity index is 546. The van der Waals surface area contributed by atoms with E-state index < -0.39 is 0 Å². The molecule has 1 saturated carbocycles. The normalized spacial score (nSPS) is 24.6. The zero-order valence-corrected chi connectivity index (χ0v) is 10.8. The van der Waals surface area contributed by atoms with Crippen LogP contribution >= 0.6 is 0 Å². The highest BCUT2D eigenvalue weighted by atomic mass is 16.3. The minimum Gasteiger partial charge on any atom is -0.391 e. The standard InChI is InChI=1S/C15H20N2O/c1-2-15-16-11-7-3-4-8-12(11)17(15)13-9-5-6-10-14(13)18/h3-4,7-8,13-14,18H,2,5-6,9-10H2,1H3/t13-,14-/m0/s1. The molecule has 0 saturated heterocycles. The van der Waals surface area contributed by atoms with Crippen molar-refractivity contribution in [3.63, 3.8) is 0 Å². The number of aliphatic hydroxyl groups is 1. The number of aromatic nitrogens is 2. The quantitative estimate of drug-likeness (QED) is 0.881. The summed E-state index contributed by atoms with van der Waals surface area (Å²) in [5.41, 5.74) is 2.22. The molecule has 18 heavy (non-hydrogen) atoms. The van der Waals surface area contributed by atoms with Crippen molar-refractivity contribution in [1.82, 2.24) is 9.55 Å². The number of benzene rings is 1. The summed E-state index contributed by atoms with van der Waals surface area (Å²) in [6, 6.07) is 8.45. The number of hydrogen-bond donors (Lipinski definition) is 1. The Balaban J connectivity index is 2.13. The van der Waals surface area contributed by atoms with Crippen LogP contribution in [0.3, 0.4) is 0 Å². The van der Waals surface area contributed by atoms with Gasteiger partial charge in [0.2, 0.25) is 0 Å². The van der Waals surface area contributed by atoms with Crippen LogP contribution in [0.25, 0.3) is 11.0 Å². The van der Waals surface area contributed by atoms with Gasteiger partial charge in [0.05, 0.1) is 23.2 Å². The van der Waals surface area contributed by atoms with Gasteiger partial charge < -0.3 is 9.67 Å². The van der Waals surface area contributed by atoms with Crippen LogP contribution in [-0.2, 0) is 6.42 Å². The monoisotopic (exact) mass is 244 g/mol. The van der Waals surface area contributed by atoms with Gasteiger partial charge in [-0.25, -0.2) is 4.98 Å². The van der Waals surface area contributed by atoms with E-state index in [1.807, 2.05) is 6.07 Å². The van der Waals surface area contributed by atoms with Crippen LogP contribution in [0.5, 0.6) is 0 Å². The number of imidazole rings is 1. The molecule has 96 valence electrons. The molecule has 0 spiro atoms. The molecule has 1 heterocycles. The third-order valence-corrected chi connectivity index (χ3v) is 4.01. The predicted octanol–water partition coefficient (Wildman–Crippen LogP) is 3.07. The lowest BCUT2D eigenvalue weighted by Gasteiger charge is -2.30. The van der Waals surface area contributed by atoms with Crippen LogP contribution in [0, 0.1) is 0 Å². The second-order valence-electron chi connectivity index (χ2n) is 5.16. The number of aryl methyl sites for hydroxylation is 1. The van der Waals surface area contributed by atoms with Crippen molar-refractivity contribution in [3.05, 3.63) is 30.1 Å². The summed E-state index contributed by atoms with van der Waals surface area (Å²) in [6.45, 7) is 2.13. The van der Waals surface area contributed by atoms with Gasteiger partial charge in [0.15, 0.2) is 0 Å². The number of fused-ring (bicyclic) bond motifs is 1. The molecule has 0 radical (unpaired) electrons. The van der Waals surface area contributed by atoms with Crippen molar-refractivity contribution in [2.24, 2.45) is 0 Å². The fraction of sp³-hybridized carbons (Fsp3) is 0.533. The van der Waals surface area contributed by atoms with Crippen molar-refractivity contribution >= 4 is 11.0 Å². The number of aliphatic hydroxyl groups excluding tert-OH is 1. The number of rotatable bonds is 2. The van der Waals surface area contributed by atoms with Gasteiger partial charge in [-0.05, 0) is 25.0 Å². The molecule has 1 aliphatic rings. The third-order valence-electron chi connectivity index (χ3n) is 4.01. The minimum atomic E-state index is -0.221. The van der Waals surface area contributed by atoms with E-state index in [0.29, 0.717) is 0 Å².